The highest BCUT2D eigenvalue weighted by molar-refractivity contribution is 14.0. The van der Waals surface area contributed by atoms with Crippen LogP contribution < -0.4 is 16.0 Å². The van der Waals surface area contributed by atoms with Gasteiger partial charge in [0.05, 0.1) is 12.1 Å². The Hall–Kier alpha value is -0.570. The molecule has 1 aliphatic heterocycles. The average molecular weight is 410 g/mol. The number of piperidine rings is 1. The van der Waals surface area contributed by atoms with Crippen LogP contribution in [-0.4, -0.2) is 48.3 Å². The first-order chi connectivity index (χ1) is 9.61. The number of aliphatic imine (C=N–C) groups is 1. The van der Waals surface area contributed by atoms with Crippen molar-refractivity contribution in [2.24, 2.45) is 4.99 Å². The van der Waals surface area contributed by atoms with Gasteiger partial charge in [0.15, 0.2) is 5.96 Å². The van der Waals surface area contributed by atoms with Gasteiger partial charge in [-0.1, -0.05) is 12.8 Å². The first kappa shape index (κ1) is 18.5. The van der Waals surface area contributed by atoms with E-state index in [1.807, 2.05) is 6.92 Å². The summed E-state index contributed by atoms with van der Waals surface area (Å²) in [7, 11) is 0. The van der Waals surface area contributed by atoms with E-state index in [-0.39, 0.29) is 35.9 Å². The molecule has 122 valence electrons. The Labute approximate surface area is 143 Å². The second-order valence-electron chi connectivity index (χ2n) is 5.81. The minimum absolute atomic E-state index is 0. The van der Waals surface area contributed by atoms with Crippen LogP contribution in [0.2, 0.25) is 0 Å². The second kappa shape index (κ2) is 8.77. The van der Waals surface area contributed by atoms with Crippen molar-refractivity contribution in [2.75, 3.05) is 19.6 Å². The van der Waals surface area contributed by atoms with Crippen LogP contribution in [0.5, 0.6) is 0 Å². The van der Waals surface area contributed by atoms with Crippen molar-refractivity contribution in [2.45, 2.75) is 57.1 Å². The lowest BCUT2D eigenvalue weighted by Gasteiger charge is -2.26. The van der Waals surface area contributed by atoms with Crippen LogP contribution in [0, 0.1) is 0 Å². The highest BCUT2D eigenvalue weighted by Crippen LogP contribution is 2.29. The summed E-state index contributed by atoms with van der Waals surface area (Å²) >= 11 is 0. The molecular formula is C14H27IN4O2. The van der Waals surface area contributed by atoms with Crippen molar-refractivity contribution in [3.8, 4) is 0 Å². The number of aliphatic hydroxyl groups is 1. The normalized spacial score (nSPS) is 25.0. The molecule has 0 aromatic carbocycles. The number of nitrogens with one attached hydrogen (secondary N) is 3. The lowest BCUT2D eigenvalue weighted by molar-refractivity contribution is -0.122. The Morgan fingerprint density at radius 1 is 1.48 bits per heavy atom. The van der Waals surface area contributed by atoms with Crippen molar-refractivity contribution in [1.82, 2.24) is 16.0 Å². The van der Waals surface area contributed by atoms with Gasteiger partial charge in [0.1, 0.15) is 0 Å². The van der Waals surface area contributed by atoms with E-state index in [0.29, 0.717) is 19.5 Å². The number of amides is 1. The van der Waals surface area contributed by atoms with Crippen molar-refractivity contribution < 1.29 is 9.90 Å². The van der Waals surface area contributed by atoms with Gasteiger partial charge >= 0.3 is 0 Å². The van der Waals surface area contributed by atoms with Crippen LogP contribution in [0.1, 0.15) is 45.4 Å². The highest BCUT2D eigenvalue weighted by atomic mass is 127. The molecule has 0 aromatic heterocycles. The molecule has 7 heteroatoms. The minimum atomic E-state index is -0.622. The monoisotopic (exact) mass is 410 g/mol. The molecule has 1 unspecified atom stereocenters. The number of carbonyl (C=O) groups excluding carboxylic acids is 1. The summed E-state index contributed by atoms with van der Waals surface area (Å²) in [6, 6.07) is 0.212. The first-order valence-corrected chi connectivity index (χ1v) is 7.65. The highest BCUT2D eigenvalue weighted by Gasteiger charge is 2.31. The third kappa shape index (κ3) is 5.98. The molecule has 4 N–H and O–H groups in total. The smallest absolute Gasteiger partial charge is 0.220 e. The zero-order chi connectivity index (χ0) is 14.4. The SMILES string of the molecule is CCNC(=NCC1(O)CCCC1)NC1CCC(=O)NC1.I. The van der Waals surface area contributed by atoms with E-state index in [0.717, 1.165) is 44.6 Å². The van der Waals surface area contributed by atoms with E-state index in [2.05, 4.69) is 20.9 Å². The number of guanidine groups is 1. The van der Waals surface area contributed by atoms with Crippen molar-refractivity contribution in [3.63, 3.8) is 0 Å². The Morgan fingerprint density at radius 3 is 2.76 bits per heavy atom. The quantitative estimate of drug-likeness (QED) is 0.313. The molecule has 0 aromatic rings. The molecular weight excluding hydrogens is 383 g/mol. The first-order valence-electron chi connectivity index (χ1n) is 7.65. The molecule has 6 nitrogen and oxygen atoms in total. The van der Waals surface area contributed by atoms with Crippen LogP contribution in [0.3, 0.4) is 0 Å². The van der Waals surface area contributed by atoms with Gasteiger partial charge in [-0.25, -0.2) is 0 Å². The predicted octanol–water partition coefficient (Wildman–Crippen LogP) is 0.743. The number of nitrogens with zero attached hydrogens (tertiary/aromatic N) is 1. The van der Waals surface area contributed by atoms with Crippen molar-refractivity contribution in [1.29, 1.82) is 0 Å². The van der Waals surface area contributed by atoms with Crippen LogP contribution >= 0.6 is 24.0 Å². The van der Waals surface area contributed by atoms with Gasteiger partial charge < -0.3 is 21.1 Å². The van der Waals surface area contributed by atoms with E-state index in [1.165, 1.54) is 0 Å². The van der Waals surface area contributed by atoms with Crippen LogP contribution in [0.4, 0.5) is 0 Å². The summed E-state index contributed by atoms with van der Waals surface area (Å²) in [5, 5.41) is 19.7. The minimum Gasteiger partial charge on any atom is -0.388 e. The van der Waals surface area contributed by atoms with Gasteiger partial charge in [0, 0.05) is 25.6 Å². The van der Waals surface area contributed by atoms with E-state index in [9.17, 15) is 9.90 Å². The fourth-order valence-corrected chi connectivity index (χ4v) is 2.79. The number of rotatable bonds is 4. The number of hydrogen-bond donors (Lipinski definition) is 4. The third-order valence-corrected chi connectivity index (χ3v) is 4.02. The third-order valence-electron chi connectivity index (χ3n) is 4.02. The molecule has 0 radical (unpaired) electrons. The zero-order valence-corrected chi connectivity index (χ0v) is 15.0. The fourth-order valence-electron chi connectivity index (χ4n) is 2.79. The summed E-state index contributed by atoms with van der Waals surface area (Å²) in [5.41, 5.74) is -0.622. The molecule has 0 spiro atoms. The standard InChI is InChI=1S/C14H26N4O2.HI/c1-2-15-13(17-10-14(20)7-3-4-8-14)18-11-5-6-12(19)16-9-11;/h11,20H,2-10H2,1H3,(H,16,19)(H2,15,17,18);1H. The van der Waals surface area contributed by atoms with Gasteiger partial charge in [0.2, 0.25) is 5.91 Å². The Balaban J connectivity index is 0.00000220. The van der Waals surface area contributed by atoms with Gasteiger partial charge in [0.25, 0.3) is 0 Å². The maximum atomic E-state index is 11.1. The van der Waals surface area contributed by atoms with Gasteiger partial charge in [-0.05, 0) is 26.2 Å². The van der Waals surface area contributed by atoms with Crippen LogP contribution in [0.15, 0.2) is 4.99 Å². The summed E-state index contributed by atoms with van der Waals surface area (Å²) in [6.07, 6.45) is 5.24. The van der Waals surface area contributed by atoms with Gasteiger partial charge in [-0.2, -0.15) is 0 Å². The van der Waals surface area contributed by atoms with Crippen LogP contribution in [-0.2, 0) is 4.79 Å². The zero-order valence-electron chi connectivity index (χ0n) is 12.7. The molecule has 1 saturated heterocycles. The van der Waals surface area contributed by atoms with E-state index in [1.54, 1.807) is 0 Å². The number of halogens is 1. The number of hydrogen-bond acceptors (Lipinski definition) is 3. The molecule has 2 aliphatic rings. The Kier molecular flexibility index (Phi) is 7.72. The molecule has 2 rings (SSSR count). The second-order valence-corrected chi connectivity index (χ2v) is 5.81. The summed E-state index contributed by atoms with van der Waals surface area (Å²) in [5.74, 6) is 0.847. The van der Waals surface area contributed by atoms with Crippen LogP contribution in [0.25, 0.3) is 0 Å². The van der Waals surface area contributed by atoms with E-state index >= 15 is 0 Å². The van der Waals surface area contributed by atoms with E-state index in [4.69, 9.17) is 0 Å². The maximum Gasteiger partial charge on any atom is 0.220 e. The summed E-state index contributed by atoms with van der Waals surface area (Å²) < 4.78 is 0. The molecule has 1 aliphatic carbocycles. The lowest BCUT2D eigenvalue weighted by Crippen LogP contribution is -2.51. The predicted molar refractivity (Wildman–Crippen MR) is 94.0 cm³/mol. The lowest BCUT2D eigenvalue weighted by atomic mass is 10.0. The average Bonchev–Trinajstić information content (AvgIpc) is 2.86. The van der Waals surface area contributed by atoms with E-state index < -0.39 is 5.60 Å². The summed E-state index contributed by atoms with van der Waals surface area (Å²) in [4.78, 5) is 15.7. The topological polar surface area (TPSA) is 85.8 Å². The molecule has 21 heavy (non-hydrogen) atoms. The largest absolute Gasteiger partial charge is 0.388 e. The Morgan fingerprint density at radius 2 is 2.19 bits per heavy atom. The van der Waals surface area contributed by atoms with Crippen molar-refractivity contribution >= 4 is 35.8 Å². The maximum absolute atomic E-state index is 11.1. The molecule has 0 bridgehead atoms. The molecule has 1 heterocycles. The molecule has 1 amide bonds. The van der Waals surface area contributed by atoms with Crippen molar-refractivity contribution in [3.05, 3.63) is 0 Å². The number of carbonyl (C=O) groups is 1. The van der Waals surface area contributed by atoms with Gasteiger partial charge in [-0.3, -0.25) is 9.79 Å². The van der Waals surface area contributed by atoms with Gasteiger partial charge in [-0.15, -0.1) is 24.0 Å². The molecule has 2 fully saturated rings. The summed E-state index contributed by atoms with van der Waals surface area (Å²) in [6.45, 7) is 3.88. The Bertz CT molecular complexity index is 360. The molecule has 1 saturated carbocycles. The molecule has 1 atom stereocenters. The fraction of sp³-hybridized carbons (Fsp3) is 0.857.